The molecular weight excluding hydrogens is 158 g/mol. The Kier molecular flexibility index (Phi) is 1.23. The monoisotopic (exact) mass is 167 g/mol. The fraction of sp³-hybridized carbons (Fsp3) is 0.375. The van der Waals surface area contributed by atoms with Gasteiger partial charge in [-0.15, -0.1) is 0 Å². The molecule has 2 N–H and O–H groups in total. The first-order valence-corrected chi connectivity index (χ1v) is 3.66. The first-order valence-electron chi connectivity index (χ1n) is 3.66. The summed E-state index contributed by atoms with van der Waals surface area (Å²) < 4.78 is 5.01. The molecule has 64 valence electrons. The second kappa shape index (κ2) is 1.97. The molecule has 1 fully saturated rings. The molecule has 0 aromatic carbocycles. The van der Waals surface area contributed by atoms with Gasteiger partial charge in [-0.3, -0.25) is 4.79 Å². The summed E-state index contributed by atoms with van der Waals surface area (Å²) in [6.07, 6.45) is 6.52. The van der Waals surface area contributed by atoms with E-state index in [-0.39, 0.29) is 5.91 Å². The van der Waals surface area contributed by atoms with Gasteiger partial charge in [0.05, 0.1) is 0 Å². The van der Waals surface area contributed by atoms with Crippen molar-refractivity contribution in [1.82, 2.24) is 5.32 Å². The minimum atomic E-state index is -1.33. The maximum absolute atomic E-state index is 10.7. The number of carbonyl (C=O) groups excluding carboxylic acids is 1. The fourth-order valence-electron chi connectivity index (χ4n) is 1.33. The van der Waals surface area contributed by atoms with Gasteiger partial charge in [-0.1, -0.05) is 12.2 Å². The zero-order valence-electron chi connectivity index (χ0n) is 6.57. The lowest BCUT2D eigenvalue weighted by atomic mass is 10.1. The van der Waals surface area contributed by atoms with Crippen molar-refractivity contribution in [3.8, 4) is 0 Å². The molecule has 1 amide bonds. The van der Waals surface area contributed by atoms with Crippen LogP contribution in [0.1, 0.15) is 6.92 Å². The molecule has 0 aromatic rings. The highest BCUT2D eigenvalue weighted by atomic mass is 16.8. The van der Waals surface area contributed by atoms with Crippen molar-refractivity contribution >= 4 is 5.91 Å². The predicted molar refractivity (Wildman–Crippen MR) is 40.9 cm³/mol. The summed E-state index contributed by atoms with van der Waals surface area (Å²) in [6, 6.07) is 0. The van der Waals surface area contributed by atoms with Crippen molar-refractivity contribution < 1.29 is 14.6 Å². The molecule has 12 heavy (non-hydrogen) atoms. The second-order valence-corrected chi connectivity index (χ2v) is 2.93. The van der Waals surface area contributed by atoms with Crippen LogP contribution in [0.5, 0.6) is 0 Å². The summed E-state index contributed by atoms with van der Waals surface area (Å²) in [5, 5.41) is 12.1. The summed E-state index contributed by atoms with van der Waals surface area (Å²) in [6.45, 7) is 1.38. The summed E-state index contributed by atoms with van der Waals surface area (Å²) in [7, 11) is 0. The average Bonchev–Trinajstić information content (AvgIpc) is 2.53. The van der Waals surface area contributed by atoms with Gasteiger partial charge in [0, 0.05) is 6.92 Å². The second-order valence-electron chi connectivity index (χ2n) is 2.93. The van der Waals surface area contributed by atoms with Crippen molar-refractivity contribution in [2.24, 2.45) is 0 Å². The smallest absolute Gasteiger partial charge is 0.242 e. The Bertz CT molecular complexity index is 297. The molecule has 1 saturated heterocycles. The molecule has 0 radical (unpaired) electrons. The molecular formula is C8H9NO3. The third kappa shape index (κ3) is 0.821. The van der Waals surface area contributed by atoms with E-state index in [0.717, 1.165) is 0 Å². The van der Waals surface area contributed by atoms with E-state index in [1.165, 1.54) is 13.0 Å². The molecule has 0 spiro atoms. The van der Waals surface area contributed by atoms with Crippen LogP contribution in [0, 0.1) is 0 Å². The Balaban J connectivity index is 2.21. The van der Waals surface area contributed by atoms with Gasteiger partial charge in [0.1, 0.15) is 0 Å². The van der Waals surface area contributed by atoms with Crippen LogP contribution in [0.15, 0.2) is 24.3 Å². The third-order valence-electron chi connectivity index (χ3n) is 1.93. The number of epoxide rings is 1. The minimum absolute atomic E-state index is 0.231. The van der Waals surface area contributed by atoms with Gasteiger partial charge in [-0.05, 0) is 12.2 Å². The third-order valence-corrected chi connectivity index (χ3v) is 1.93. The Labute approximate surface area is 69.5 Å². The topological polar surface area (TPSA) is 61.9 Å². The van der Waals surface area contributed by atoms with E-state index in [2.05, 4.69) is 5.32 Å². The van der Waals surface area contributed by atoms with E-state index in [1.807, 2.05) is 0 Å². The molecule has 1 aliphatic heterocycles. The van der Waals surface area contributed by atoms with Crippen LogP contribution in [0.3, 0.4) is 0 Å². The molecule has 2 unspecified atom stereocenters. The lowest BCUT2D eigenvalue weighted by Crippen LogP contribution is -2.41. The summed E-state index contributed by atoms with van der Waals surface area (Å²) in [5.41, 5.74) is -1.01. The van der Waals surface area contributed by atoms with Gasteiger partial charge in [-0.25, -0.2) is 0 Å². The average molecular weight is 167 g/mol. The quantitative estimate of drug-likeness (QED) is 0.525. The van der Waals surface area contributed by atoms with Gasteiger partial charge in [0.2, 0.25) is 17.4 Å². The SMILES string of the molecule is CC(=O)NC12C=CC=CC1(O)O2. The fourth-order valence-corrected chi connectivity index (χ4v) is 1.33. The van der Waals surface area contributed by atoms with Gasteiger partial charge >= 0.3 is 0 Å². The summed E-state index contributed by atoms with van der Waals surface area (Å²) in [4.78, 5) is 10.7. The van der Waals surface area contributed by atoms with Crippen LogP contribution < -0.4 is 5.32 Å². The van der Waals surface area contributed by atoms with Crippen LogP contribution >= 0.6 is 0 Å². The molecule has 0 bridgehead atoms. The van der Waals surface area contributed by atoms with E-state index in [9.17, 15) is 9.90 Å². The number of ether oxygens (including phenoxy) is 1. The standard InChI is InChI=1S/C8H9NO3/c1-6(10)9-7-4-2-3-5-8(7,11)12-7/h2-5,11H,1H3,(H,9,10). The molecule has 0 saturated carbocycles. The van der Waals surface area contributed by atoms with Crippen molar-refractivity contribution in [2.75, 3.05) is 0 Å². The summed E-state index contributed by atoms with van der Waals surface area (Å²) >= 11 is 0. The Morgan fingerprint density at radius 2 is 2.17 bits per heavy atom. The molecule has 2 atom stereocenters. The van der Waals surface area contributed by atoms with Crippen LogP contribution in [0.4, 0.5) is 0 Å². The van der Waals surface area contributed by atoms with E-state index in [1.54, 1.807) is 18.2 Å². The molecule has 4 nitrogen and oxygen atoms in total. The lowest BCUT2D eigenvalue weighted by molar-refractivity contribution is -0.120. The number of fused-ring (bicyclic) bond motifs is 1. The van der Waals surface area contributed by atoms with Crippen LogP contribution in [-0.4, -0.2) is 22.5 Å². The number of allylic oxidation sites excluding steroid dienone is 2. The maximum atomic E-state index is 10.7. The molecule has 2 rings (SSSR count). The Morgan fingerprint density at radius 1 is 1.50 bits per heavy atom. The number of hydrogen-bond acceptors (Lipinski definition) is 3. The van der Waals surface area contributed by atoms with Gasteiger partial charge in [0.25, 0.3) is 0 Å². The number of amides is 1. The van der Waals surface area contributed by atoms with Gasteiger partial charge < -0.3 is 15.2 Å². The zero-order valence-corrected chi connectivity index (χ0v) is 6.57. The Hall–Kier alpha value is -1.13. The number of nitrogens with one attached hydrogen (secondary N) is 1. The van der Waals surface area contributed by atoms with E-state index < -0.39 is 11.5 Å². The van der Waals surface area contributed by atoms with Crippen molar-refractivity contribution in [2.45, 2.75) is 18.4 Å². The first-order chi connectivity index (χ1) is 5.58. The largest absolute Gasteiger partial charge is 0.358 e. The highest BCUT2D eigenvalue weighted by Gasteiger charge is 2.69. The van der Waals surface area contributed by atoms with Crippen molar-refractivity contribution in [3.05, 3.63) is 24.3 Å². The van der Waals surface area contributed by atoms with Crippen LogP contribution in [-0.2, 0) is 9.53 Å². The van der Waals surface area contributed by atoms with Crippen LogP contribution in [0.25, 0.3) is 0 Å². The number of aliphatic hydroxyl groups is 1. The van der Waals surface area contributed by atoms with Gasteiger partial charge in [0.15, 0.2) is 0 Å². The van der Waals surface area contributed by atoms with E-state index in [0.29, 0.717) is 0 Å². The van der Waals surface area contributed by atoms with Crippen molar-refractivity contribution in [1.29, 1.82) is 0 Å². The summed E-state index contributed by atoms with van der Waals surface area (Å²) in [5.74, 6) is -1.56. The maximum Gasteiger partial charge on any atom is 0.242 e. The van der Waals surface area contributed by atoms with E-state index >= 15 is 0 Å². The van der Waals surface area contributed by atoms with Crippen molar-refractivity contribution in [3.63, 3.8) is 0 Å². The predicted octanol–water partition coefficient (Wildman–Crippen LogP) is -0.336. The highest BCUT2D eigenvalue weighted by molar-refractivity contribution is 5.75. The number of rotatable bonds is 1. The highest BCUT2D eigenvalue weighted by Crippen LogP contribution is 2.47. The number of carbonyl (C=O) groups is 1. The molecule has 1 heterocycles. The first kappa shape index (κ1) is 7.52. The van der Waals surface area contributed by atoms with E-state index in [4.69, 9.17) is 4.74 Å². The minimum Gasteiger partial charge on any atom is -0.358 e. The lowest BCUT2D eigenvalue weighted by Gasteiger charge is -2.12. The number of hydrogen-bond donors (Lipinski definition) is 2. The zero-order chi connectivity index (χ0) is 8.82. The molecule has 1 aliphatic carbocycles. The normalized spacial score (nSPS) is 42.2. The van der Waals surface area contributed by atoms with Crippen LogP contribution in [0.2, 0.25) is 0 Å². The van der Waals surface area contributed by atoms with Gasteiger partial charge in [-0.2, -0.15) is 0 Å². The molecule has 0 aromatic heterocycles. The molecule has 2 aliphatic rings. The molecule has 4 heteroatoms. The Morgan fingerprint density at radius 3 is 2.75 bits per heavy atom.